The Morgan fingerprint density at radius 1 is 1.12 bits per heavy atom. The van der Waals surface area contributed by atoms with Crippen LogP contribution in [0, 0.1) is 17.2 Å². The van der Waals surface area contributed by atoms with E-state index in [2.05, 4.69) is 34.6 Å². The zero-order valence-electron chi connectivity index (χ0n) is 19.1. The summed E-state index contributed by atoms with van der Waals surface area (Å²) < 4.78 is 13.4. The first-order valence-electron chi connectivity index (χ1n) is 12.1. The van der Waals surface area contributed by atoms with E-state index in [9.17, 15) is 14.0 Å². The van der Waals surface area contributed by atoms with Crippen LogP contribution in [0.3, 0.4) is 0 Å². The molecule has 3 aliphatic rings. The summed E-state index contributed by atoms with van der Waals surface area (Å²) in [5.41, 5.74) is 1.86. The molecule has 174 valence electrons. The fraction of sp³-hybridized carbons (Fsp3) is 0.481. The first-order chi connectivity index (χ1) is 16.0. The highest BCUT2D eigenvalue weighted by Crippen LogP contribution is 2.48. The van der Waals surface area contributed by atoms with Gasteiger partial charge in [-0.2, -0.15) is 0 Å². The highest BCUT2D eigenvalue weighted by Gasteiger charge is 2.52. The second-order valence-corrected chi connectivity index (χ2v) is 10.0. The van der Waals surface area contributed by atoms with Crippen LogP contribution >= 0.6 is 0 Å². The molecule has 5 rings (SSSR count). The van der Waals surface area contributed by atoms with Crippen molar-refractivity contribution in [2.45, 2.75) is 44.1 Å². The number of halogens is 1. The van der Waals surface area contributed by atoms with Crippen LogP contribution in [0.15, 0.2) is 54.6 Å². The van der Waals surface area contributed by atoms with Crippen molar-refractivity contribution in [1.82, 2.24) is 15.5 Å². The minimum Gasteiger partial charge on any atom is -0.355 e. The standard InChI is InChI=1S/C27H32FN3O2/c1-18(30-25(32)23-15-22(23)19-5-3-2-4-6-19)17-31-13-11-27(12-14-31)24(16-29-26(27)33)20-7-9-21(28)10-8-20/h2-10,18,22-24H,11-17H2,1H3,(H,29,33)(H,30,32)/t18?,22-,23?,24+/m0/s1. The quantitative estimate of drug-likeness (QED) is 0.710. The van der Waals surface area contributed by atoms with E-state index in [1.807, 2.05) is 30.3 Å². The smallest absolute Gasteiger partial charge is 0.227 e. The number of nitrogens with zero attached hydrogens (tertiary/aromatic N) is 1. The minimum absolute atomic E-state index is 0.0638. The number of amides is 2. The van der Waals surface area contributed by atoms with Crippen LogP contribution in [0.4, 0.5) is 4.39 Å². The Kier molecular flexibility index (Phi) is 5.95. The Hall–Kier alpha value is -2.73. The van der Waals surface area contributed by atoms with Gasteiger partial charge in [-0.3, -0.25) is 9.59 Å². The maximum Gasteiger partial charge on any atom is 0.227 e. The van der Waals surface area contributed by atoms with E-state index >= 15 is 0 Å². The second kappa shape index (κ2) is 8.90. The Morgan fingerprint density at radius 3 is 2.52 bits per heavy atom. The second-order valence-electron chi connectivity index (χ2n) is 10.0. The van der Waals surface area contributed by atoms with Gasteiger partial charge in [-0.1, -0.05) is 42.5 Å². The Labute approximate surface area is 194 Å². The van der Waals surface area contributed by atoms with Crippen molar-refractivity contribution < 1.29 is 14.0 Å². The molecule has 2 N–H and O–H groups in total. The number of likely N-dealkylation sites (tertiary alicyclic amines) is 1. The van der Waals surface area contributed by atoms with Crippen LogP contribution < -0.4 is 10.6 Å². The van der Waals surface area contributed by atoms with Crippen molar-refractivity contribution in [1.29, 1.82) is 0 Å². The van der Waals surface area contributed by atoms with Gasteiger partial charge in [0, 0.05) is 31.0 Å². The van der Waals surface area contributed by atoms with E-state index in [-0.39, 0.29) is 35.5 Å². The zero-order chi connectivity index (χ0) is 23.0. The molecule has 0 bridgehead atoms. The van der Waals surface area contributed by atoms with E-state index in [4.69, 9.17) is 0 Å². The number of rotatable bonds is 6. The van der Waals surface area contributed by atoms with E-state index in [1.54, 1.807) is 0 Å². The van der Waals surface area contributed by atoms with Crippen molar-refractivity contribution in [3.05, 3.63) is 71.5 Å². The third kappa shape index (κ3) is 4.41. The van der Waals surface area contributed by atoms with Crippen molar-refractivity contribution in [3.8, 4) is 0 Å². The van der Waals surface area contributed by atoms with Gasteiger partial charge in [0.1, 0.15) is 5.82 Å². The molecule has 1 saturated carbocycles. The highest BCUT2D eigenvalue weighted by atomic mass is 19.1. The van der Waals surface area contributed by atoms with Gasteiger partial charge in [0.25, 0.3) is 0 Å². The van der Waals surface area contributed by atoms with Crippen LogP contribution in [0.25, 0.3) is 0 Å². The molecule has 2 saturated heterocycles. The molecule has 2 heterocycles. The van der Waals surface area contributed by atoms with Crippen molar-refractivity contribution in [3.63, 3.8) is 0 Å². The molecular formula is C27H32FN3O2. The molecular weight excluding hydrogens is 417 g/mol. The highest BCUT2D eigenvalue weighted by molar-refractivity contribution is 5.86. The molecule has 1 spiro atoms. The van der Waals surface area contributed by atoms with E-state index in [1.165, 1.54) is 17.7 Å². The van der Waals surface area contributed by atoms with Gasteiger partial charge in [0.05, 0.1) is 5.41 Å². The third-order valence-corrected chi connectivity index (χ3v) is 7.88. The Morgan fingerprint density at radius 2 is 1.82 bits per heavy atom. The average Bonchev–Trinajstić information content (AvgIpc) is 3.57. The summed E-state index contributed by atoms with van der Waals surface area (Å²) in [4.78, 5) is 27.9. The molecule has 0 radical (unpaired) electrons. The SMILES string of the molecule is CC(CN1CCC2(CC1)C(=O)NC[C@@H]2c1ccc(F)cc1)NC(=O)C1C[C@H]1c1ccccc1. The third-order valence-electron chi connectivity index (χ3n) is 7.88. The van der Waals surface area contributed by atoms with Crippen LogP contribution in [0.5, 0.6) is 0 Å². The summed E-state index contributed by atoms with van der Waals surface area (Å²) in [6.07, 6.45) is 2.48. The van der Waals surface area contributed by atoms with Crippen LogP contribution in [-0.2, 0) is 9.59 Å². The summed E-state index contributed by atoms with van der Waals surface area (Å²) in [7, 11) is 0. The number of hydrogen-bond acceptors (Lipinski definition) is 3. The fourth-order valence-corrected chi connectivity index (χ4v) is 5.90. The largest absolute Gasteiger partial charge is 0.355 e. The van der Waals surface area contributed by atoms with Gasteiger partial charge in [0.15, 0.2) is 0 Å². The van der Waals surface area contributed by atoms with Crippen molar-refractivity contribution >= 4 is 11.8 Å². The van der Waals surface area contributed by atoms with Crippen LogP contribution in [0.2, 0.25) is 0 Å². The summed E-state index contributed by atoms with van der Waals surface area (Å²) in [5.74, 6) is 0.525. The van der Waals surface area contributed by atoms with Gasteiger partial charge in [0.2, 0.25) is 11.8 Å². The molecule has 2 amide bonds. The van der Waals surface area contributed by atoms with Gasteiger partial charge in [-0.15, -0.1) is 0 Å². The average molecular weight is 450 g/mol. The monoisotopic (exact) mass is 449 g/mol. The maximum absolute atomic E-state index is 13.4. The molecule has 33 heavy (non-hydrogen) atoms. The molecule has 1 aliphatic carbocycles. The topological polar surface area (TPSA) is 61.4 Å². The van der Waals surface area contributed by atoms with E-state index < -0.39 is 5.41 Å². The lowest BCUT2D eigenvalue weighted by atomic mass is 9.68. The van der Waals surface area contributed by atoms with Gasteiger partial charge < -0.3 is 15.5 Å². The predicted molar refractivity (Wildman–Crippen MR) is 125 cm³/mol. The zero-order valence-corrected chi connectivity index (χ0v) is 19.1. The van der Waals surface area contributed by atoms with Crippen LogP contribution in [-0.4, -0.2) is 48.9 Å². The summed E-state index contributed by atoms with van der Waals surface area (Å²) in [6, 6.07) is 16.9. The summed E-state index contributed by atoms with van der Waals surface area (Å²) in [6.45, 7) is 5.10. The number of benzene rings is 2. The van der Waals surface area contributed by atoms with Gasteiger partial charge in [-0.05, 0) is 68.5 Å². The molecule has 0 aromatic heterocycles. The minimum atomic E-state index is -0.419. The Bertz CT molecular complexity index is 1000. The maximum atomic E-state index is 13.4. The molecule has 2 aromatic carbocycles. The Balaban J connectivity index is 1.14. The first kappa shape index (κ1) is 22.1. The molecule has 4 atom stereocenters. The molecule has 3 fully saturated rings. The normalized spacial score (nSPS) is 27.2. The van der Waals surface area contributed by atoms with Crippen molar-refractivity contribution in [2.24, 2.45) is 11.3 Å². The lowest BCUT2D eigenvalue weighted by Gasteiger charge is -2.41. The molecule has 2 unspecified atom stereocenters. The number of carbonyl (C=O) groups is 2. The van der Waals surface area contributed by atoms with E-state index in [0.29, 0.717) is 12.5 Å². The van der Waals surface area contributed by atoms with Crippen LogP contribution in [0.1, 0.15) is 49.1 Å². The fourth-order valence-electron chi connectivity index (χ4n) is 5.90. The lowest BCUT2D eigenvalue weighted by molar-refractivity contribution is -0.130. The molecule has 5 nitrogen and oxygen atoms in total. The number of piperidine rings is 1. The molecule has 2 aromatic rings. The molecule has 6 heteroatoms. The summed E-state index contributed by atoms with van der Waals surface area (Å²) in [5, 5.41) is 6.26. The van der Waals surface area contributed by atoms with Crippen molar-refractivity contribution in [2.75, 3.05) is 26.2 Å². The van der Waals surface area contributed by atoms with Gasteiger partial charge in [-0.25, -0.2) is 4.39 Å². The van der Waals surface area contributed by atoms with E-state index in [0.717, 1.165) is 44.5 Å². The number of hydrogen-bond donors (Lipinski definition) is 2. The predicted octanol–water partition coefficient (Wildman–Crippen LogP) is 3.43. The molecule has 2 aliphatic heterocycles. The number of carbonyl (C=O) groups excluding carboxylic acids is 2. The number of nitrogens with one attached hydrogen (secondary N) is 2. The lowest BCUT2D eigenvalue weighted by Crippen LogP contribution is -2.50. The first-order valence-corrected chi connectivity index (χ1v) is 12.1. The summed E-state index contributed by atoms with van der Waals surface area (Å²) >= 11 is 0. The van der Waals surface area contributed by atoms with Gasteiger partial charge >= 0.3 is 0 Å².